The molecular formula is C16H24N2O2. The number of nitrogens with two attached hydrogens (primary N) is 1. The van der Waals surface area contributed by atoms with Crippen LogP contribution in [0.25, 0.3) is 0 Å². The van der Waals surface area contributed by atoms with E-state index in [0.29, 0.717) is 6.04 Å². The summed E-state index contributed by atoms with van der Waals surface area (Å²) in [6.07, 6.45) is 5.14. The van der Waals surface area contributed by atoms with Gasteiger partial charge in [-0.15, -0.1) is 0 Å². The normalized spacial score (nSPS) is 28.2. The summed E-state index contributed by atoms with van der Waals surface area (Å²) in [7, 11) is 0. The van der Waals surface area contributed by atoms with Crippen LogP contribution in [0.2, 0.25) is 0 Å². The van der Waals surface area contributed by atoms with Crippen molar-refractivity contribution in [1.82, 2.24) is 4.90 Å². The Hall–Kier alpha value is -1.26. The zero-order valence-electron chi connectivity index (χ0n) is 12.0. The quantitative estimate of drug-likeness (QED) is 0.861. The van der Waals surface area contributed by atoms with Crippen LogP contribution < -0.4 is 10.5 Å². The van der Waals surface area contributed by atoms with Gasteiger partial charge >= 0.3 is 0 Å². The fourth-order valence-electron chi connectivity index (χ4n) is 3.29. The Bertz CT molecular complexity index is 432. The van der Waals surface area contributed by atoms with E-state index in [-0.39, 0.29) is 6.10 Å². The molecule has 2 N–H and O–H groups in total. The van der Waals surface area contributed by atoms with Crippen molar-refractivity contribution in [2.75, 3.05) is 32.0 Å². The number of hydrogen-bond donors (Lipinski definition) is 1. The molecule has 1 heterocycles. The van der Waals surface area contributed by atoms with Crippen molar-refractivity contribution in [2.45, 2.75) is 37.8 Å². The van der Waals surface area contributed by atoms with Gasteiger partial charge in [0.1, 0.15) is 11.9 Å². The average Bonchev–Trinajstić information content (AvgIpc) is 2.51. The zero-order valence-corrected chi connectivity index (χ0v) is 12.0. The lowest BCUT2D eigenvalue weighted by molar-refractivity contribution is -0.0279. The van der Waals surface area contributed by atoms with Gasteiger partial charge in [-0.25, -0.2) is 0 Å². The van der Waals surface area contributed by atoms with Crippen LogP contribution in [-0.2, 0) is 4.74 Å². The standard InChI is InChI=1S/C16H24N2O2/c17-13-5-1-3-7-15(13)20-16-8-4-2-6-14(16)18-9-11-19-12-10-18/h1,3,5,7,14,16H,2,4,6,8-12,17H2. The number of ether oxygens (including phenoxy) is 2. The van der Waals surface area contributed by atoms with Gasteiger partial charge in [0, 0.05) is 19.1 Å². The van der Waals surface area contributed by atoms with Gasteiger partial charge < -0.3 is 15.2 Å². The molecule has 1 aromatic carbocycles. The third-order valence-corrected chi connectivity index (χ3v) is 4.38. The molecule has 2 unspecified atom stereocenters. The molecule has 1 aliphatic carbocycles. The number of nitrogen functional groups attached to an aromatic ring is 1. The first-order valence-electron chi connectivity index (χ1n) is 7.67. The summed E-state index contributed by atoms with van der Waals surface area (Å²) in [4.78, 5) is 2.53. The molecule has 110 valence electrons. The minimum Gasteiger partial charge on any atom is -0.487 e. The molecule has 2 fully saturated rings. The van der Waals surface area contributed by atoms with Crippen LogP contribution in [-0.4, -0.2) is 43.3 Å². The summed E-state index contributed by atoms with van der Waals surface area (Å²) in [6.45, 7) is 3.73. The molecule has 20 heavy (non-hydrogen) atoms. The SMILES string of the molecule is Nc1ccccc1OC1CCCCC1N1CCOCC1. The van der Waals surface area contributed by atoms with Crippen molar-refractivity contribution in [2.24, 2.45) is 0 Å². The van der Waals surface area contributed by atoms with Gasteiger partial charge in [-0.2, -0.15) is 0 Å². The molecule has 0 radical (unpaired) electrons. The van der Waals surface area contributed by atoms with Crippen molar-refractivity contribution in [1.29, 1.82) is 0 Å². The predicted octanol–water partition coefficient (Wildman–Crippen LogP) is 2.29. The lowest BCUT2D eigenvalue weighted by Crippen LogP contribution is -2.52. The van der Waals surface area contributed by atoms with E-state index in [9.17, 15) is 0 Å². The third kappa shape index (κ3) is 3.07. The summed E-state index contributed by atoms with van der Waals surface area (Å²) >= 11 is 0. The first-order valence-corrected chi connectivity index (χ1v) is 7.67. The van der Waals surface area contributed by atoms with Crippen LogP contribution in [0, 0.1) is 0 Å². The van der Waals surface area contributed by atoms with Crippen LogP contribution >= 0.6 is 0 Å². The second kappa shape index (κ2) is 6.46. The average molecular weight is 276 g/mol. The number of hydrogen-bond acceptors (Lipinski definition) is 4. The van der Waals surface area contributed by atoms with Crippen molar-refractivity contribution in [3.8, 4) is 5.75 Å². The molecule has 4 heteroatoms. The molecule has 1 saturated carbocycles. The van der Waals surface area contributed by atoms with Gasteiger partial charge in [0.25, 0.3) is 0 Å². The van der Waals surface area contributed by atoms with Crippen LogP contribution in [0.15, 0.2) is 24.3 Å². The monoisotopic (exact) mass is 276 g/mol. The topological polar surface area (TPSA) is 47.7 Å². The number of nitrogens with zero attached hydrogens (tertiary/aromatic N) is 1. The second-order valence-electron chi connectivity index (χ2n) is 5.69. The molecule has 1 aromatic rings. The van der Waals surface area contributed by atoms with Crippen LogP contribution in [0.5, 0.6) is 5.75 Å². The summed E-state index contributed by atoms with van der Waals surface area (Å²) in [5.74, 6) is 0.831. The number of benzene rings is 1. The molecule has 0 aromatic heterocycles. The lowest BCUT2D eigenvalue weighted by atomic mass is 9.91. The lowest BCUT2D eigenvalue weighted by Gasteiger charge is -2.41. The van der Waals surface area contributed by atoms with Crippen LogP contribution in [0.3, 0.4) is 0 Å². The predicted molar refractivity (Wildman–Crippen MR) is 79.9 cm³/mol. The summed E-state index contributed by atoms with van der Waals surface area (Å²) < 4.78 is 11.7. The summed E-state index contributed by atoms with van der Waals surface area (Å²) in [5.41, 5.74) is 6.74. The van der Waals surface area contributed by atoms with E-state index < -0.39 is 0 Å². The summed E-state index contributed by atoms with van der Waals surface area (Å²) in [6, 6.07) is 8.32. The molecule has 0 bridgehead atoms. The number of rotatable bonds is 3. The highest BCUT2D eigenvalue weighted by atomic mass is 16.5. The van der Waals surface area contributed by atoms with E-state index in [4.69, 9.17) is 15.2 Å². The zero-order chi connectivity index (χ0) is 13.8. The molecule has 1 aliphatic heterocycles. The van der Waals surface area contributed by atoms with Crippen LogP contribution in [0.1, 0.15) is 25.7 Å². The third-order valence-electron chi connectivity index (χ3n) is 4.38. The van der Waals surface area contributed by atoms with E-state index in [1.807, 2.05) is 24.3 Å². The Kier molecular flexibility index (Phi) is 4.43. The Morgan fingerprint density at radius 2 is 1.85 bits per heavy atom. The smallest absolute Gasteiger partial charge is 0.142 e. The van der Waals surface area contributed by atoms with Gasteiger partial charge in [-0.3, -0.25) is 4.90 Å². The van der Waals surface area contributed by atoms with E-state index in [0.717, 1.165) is 44.2 Å². The van der Waals surface area contributed by atoms with Gasteiger partial charge in [0.05, 0.1) is 18.9 Å². The van der Waals surface area contributed by atoms with Crippen molar-refractivity contribution >= 4 is 5.69 Å². The van der Waals surface area contributed by atoms with Crippen molar-refractivity contribution in [3.05, 3.63) is 24.3 Å². The van der Waals surface area contributed by atoms with Crippen molar-refractivity contribution < 1.29 is 9.47 Å². The maximum Gasteiger partial charge on any atom is 0.142 e. The maximum absolute atomic E-state index is 6.24. The minimum atomic E-state index is 0.256. The number of anilines is 1. The van der Waals surface area contributed by atoms with E-state index in [1.54, 1.807) is 0 Å². The van der Waals surface area contributed by atoms with Gasteiger partial charge in [0.2, 0.25) is 0 Å². The first kappa shape index (κ1) is 13.7. The van der Waals surface area contributed by atoms with E-state index in [1.165, 1.54) is 19.3 Å². The molecule has 2 aliphatic rings. The van der Waals surface area contributed by atoms with E-state index in [2.05, 4.69) is 4.90 Å². The fraction of sp³-hybridized carbons (Fsp3) is 0.625. The Morgan fingerprint density at radius 3 is 2.65 bits per heavy atom. The first-order chi connectivity index (χ1) is 9.84. The summed E-state index contributed by atoms with van der Waals surface area (Å²) in [5, 5.41) is 0. The Morgan fingerprint density at radius 1 is 1.10 bits per heavy atom. The van der Waals surface area contributed by atoms with Gasteiger partial charge in [-0.1, -0.05) is 18.6 Å². The van der Waals surface area contributed by atoms with Gasteiger partial charge in [-0.05, 0) is 31.4 Å². The maximum atomic E-state index is 6.24. The number of para-hydroxylation sites is 2. The van der Waals surface area contributed by atoms with E-state index >= 15 is 0 Å². The highest BCUT2D eigenvalue weighted by molar-refractivity contribution is 5.51. The Balaban J connectivity index is 1.70. The highest BCUT2D eigenvalue weighted by Crippen LogP contribution is 2.30. The molecule has 4 nitrogen and oxygen atoms in total. The molecule has 0 spiro atoms. The highest BCUT2D eigenvalue weighted by Gasteiger charge is 2.32. The minimum absolute atomic E-state index is 0.256. The second-order valence-corrected chi connectivity index (χ2v) is 5.69. The molecule has 2 atom stereocenters. The molecular weight excluding hydrogens is 252 g/mol. The fourth-order valence-corrected chi connectivity index (χ4v) is 3.29. The number of morpholine rings is 1. The Labute approximate surface area is 120 Å². The van der Waals surface area contributed by atoms with Crippen LogP contribution in [0.4, 0.5) is 5.69 Å². The molecule has 1 saturated heterocycles. The van der Waals surface area contributed by atoms with Gasteiger partial charge in [0.15, 0.2) is 0 Å². The van der Waals surface area contributed by atoms with Crippen molar-refractivity contribution in [3.63, 3.8) is 0 Å². The molecule has 0 amide bonds. The molecule has 3 rings (SSSR count). The largest absolute Gasteiger partial charge is 0.487 e.